The van der Waals surface area contributed by atoms with Crippen LogP contribution in [0.15, 0.2) is 47.5 Å². The van der Waals surface area contributed by atoms with Crippen LogP contribution in [0.1, 0.15) is 65.3 Å². The molecule has 2 aliphatic rings. The molecule has 12 heteroatoms. The van der Waals surface area contributed by atoms with Crippen molar-refractivity contribution in [1.29, 1.82) is 0 Å². The second-order valence-electron chi connectivity index (χ2n) is 16.1. The Balaban J connectivity index is 1.30. The molecule has 1 aliphatic heterocycles. The zero-order valence-corrected chi connectivity index (χ0v) is 31.4. The largest absolute Gasteiger partial charge is 0.414 e. The van der Waals surface area contributed by atoms with Crippen LogP contribution in [0.4, 0.5) is 17.3 Å². The number of nitrogens with zero attached hydrogens (tertiary/aromatic N) is 3. The highest BCUT2D eigenvalue weighted by Crippen LogP contribution is 2.44. The molecule has 0 spiro atoms. The molecule has 0 unspecified atom stereocenters. The van der Waals surface area contributed by atoms with Gasteiger partial charge in [0.2, 0.25) is 5.95 Å². The van der Waals surface area contributed by atoms with Crippen molar-refractivity contribution in [3.8, 4) is 11.1 Å². The van der Waals surface area contributed by atoms with E-state index in [2.05, 4.69) is 101 Å². The van der Waals surface area contributed by atoms with Gasteiger partial charge in [0, 0.05) is 6.42 Å². The van der Waals surface area contributed by atoms with E-state index in [1.807, 2.05) is 22.8 Å². The van der Waals surface area contributed by atoms with Crippen molar-refractivity contribution < 1.29 is 13.6 Å². The minimum atomic E-state index is -2.13. The third-order valence-corrected chi connectivity index (χ3v) is 19.8. The van der Waals surface area contributed by atoms with Crippen LogP contribution >= 0.6 is 0 Å². The van der Waals surface area contributed by atoms with Gasteiger partial charge in [0.15, 0.2) is 27.8 Å². The first-order chi connectivity index (χ1) is 21.8. The van der Waals surface area contributed by atoms with Gasteiger partial charge in [0.1, 0.15) is 12.3 Å². The highest BCUT2D eigenvalue weighted by atomic mass is 28.4. The van der Waals surface area contributed by atoms with Crippen LogP contribution in [0.25, 0.3) is 22.3 Å². The van der Waals surface area contributed by atoms with Gasteiger partial charge < -0.3 is 24.6 Å². The molecule has 2 aromatic heterocycles. The molecule has 0 amide bonds. The average molecular weight is 675 g/mol. The van der Waals surface area contributed by atoms with Crippen molar-refractivity contribution in [3.63, 3.8) is 0 Å². The normalized spacial score (nSPS) is 20.1. The number of nitrogens with two attached hydrogens (primary N) is 1. The zero-order chi connectivity index (χ0) is 34.1. The lowest BCUT2D eigenvalue weighted by molar-refractivity contribution is -0.0383. The second-order valence-corrected chi connectivity index (χ2v) is 25.7. The number of nitrogens with one attached hydrogen (secondary N) is 2. The molecule has 6 rings (SSSR count). The monoisotopic (exact) mass is 674 g/mol. The lowest BCUT2D eigenvalue weighted by Crippen LogP contribution is -2.48. The van der Waals surface area contributed by atoms with Gasteiger partial charge in [-0.25, -0.2) is 4.98 Å². The third kappa shape index (κ3) is 6.33. The van der Waals surface area contributed by atoms with Crippen LogP contribution in [0.5, 0.6) is 0 Å². The van der Waals surface area contributed by atoms with Gasteiger partial charge in [-0.3, -0.25) is 14.3 Å². The summed E-state index contributed by atoms with van der Waals surface area (Å²) in [5.74, 6) is 0.284. The van der Waals surface area contributed by atoms with Crippen LogP contribution in [-0.2, 0) is 20.0 Å². The summed E-state index contributed by atoms with van der Waals surface area (Å²) in [4.78, 5) is 25.4. The Bertz CT molecular complexity index is 1870. The summed E-state index contributed by atoms with van der Waals surface area (Å²) in [6, 6.07) is 12.4. The molecule has 1 aliphatic carbocycles. The van der Waals surface area contributed by atoms with Crippen molar-refractivity contribution in [2.24, 2.45) is 0 Å². The van der Waals surface area contributed by atoms with E-state index in [9.17, 15) is 4.79 Å². The summed E-state index contributed by atoms with van der Waals surface area (Å²) in [6.07, 6.45) is 2.22. The average Bonchev–Trinajstić information content (AvgIpc) is 3.66. The number of rotatable bonds is 8. The Labute approximate surface area is 279 Å². The lowest BCUT2D eigenvalue weighted by atomic mass is 10.0. The fraction of sp³-hybridized carbons (Fsp3) is 0.514. The number of aromatic amines is 1. The van der Waals surface area contributed by atoms with E-state index in [1.165, 1.54) is 16.7 Å². The number of fused-ring (bicyclic) bond motifs is 4. The smallest absolute Gasteiger partial charge is 0.280 e. The third-order valence-electron chi connectivity index (χ3n) is 10.8. The van der Waals surface area contributed by atoms with Crippen molar-refractivity contribution in [3.05, 3.63) is 64.2 Å². The standard InChI is InChI=1S/C35H50N6O4Si2/c1-34(2,3)46(7,8)43-19-28-27(45-47(9,10)35(4,5)6)18-29(44-28)41-20-37-30-31(41)39-33(40-32(30)42)38-26-17-24-22(16-25(26)36)15-21-13-11-12-14-23(21)24/h11-14,16-17,20,27-29H,15,18-19,36H2,1-10H3,(H2,38,39,40,42)/t27-,28+,29+/m0/s1. The maximum absolute atomic E-state index is 13.3. The van der Waals surface area contributed by atoms with Crippen LogP contribution in [0.3, 0.4) is 0 Å². The molecule has 4 N–H and O–H groups in total. The number of hydrogen-bond acceptors (Lipinski definition) is 8. The fourth-order valence-corrected chi connectivity index (χ4v) is 8.21. The number of H-pyrrole nitrogens is 1. The maximum Gasteiger partial charge on any atom is 0.280 e. The van der Waals surface area contributed by atoms with E-state index in [0.29, 0.717) is 30.0 Å². The number of aromatic nitrogens is 4. The number of nitrogen functional groups attached to an aromatic ring is 1. The van der Waals surface area contributed by atoms with Crippen molar-refractivity contribution in [2.75, 3.05) is 17.7 Å². The Morgan fingerprint density at radius 1 is 1.02 bits per heavy atom. The van der Waals surface area contributed by atoms with Gasteiger partial charge in [0.25, 0.3) is 5.56 Å². The summed E-state index contributed by atoms with van der Waals surface area (Å²) in [7, 11) is -4.16. The Hall–Kier alpha value is -3.30. The predicted molar refractivity (Wildman–Crippen MR) is 194 cm³/mol. The van der Waals surface area contributed by atoms with E-state index in [1.54, 1.807) is 6.33 Å². The van der Waals surface area contributed by atoms with Crippen LogP contribution in [-0.4, -0.2) is 55.0 Å². The molecular formula is C35H50N6O4Si2. The zero-order valence-electron chi connectivity index (χ0n) is 29.4. The van der Waals surface area contributed by atoms with E-state index in [0.717, 1.165) is 12.0 Å². The van der Waals surface area contributed by atoms with E-state index >= 15 is 0 Å². The molecule has 2 aromatic carbocycles. The molecule has 3 atom stereocenters. The van der Waals surface area contributed by atoms with Crippen LogP contribution in [0.2, 0.25) is 36.3 Å². The predicted octanol–water partition coefficient (Wildman–Crippen LogP) is 7.72. The molecule has 1 fully saturated rings. The number of benzene rings is 2. The molecule has 10 nitrogen and oxygen atoms in total. The minimum absolute atomic E-state index is 0.0362. The topological polar surface area (TPSA) is 129 Å². The van der Waals surface area contributed by atoms with Gasteiger partial charge in [0.05, 0.1) is 30.4 Å². The molecular weight excluding hydrogens is 625 g/mol. The Kier molecular flexibility index (Phi) is 8.36. The molecule has 252 valence electrons. The number of imidazole rings is 1. The first kappa shape index (κ1) is 33.6. The molecule has 0 bridgehead atoms. The Morgan fingerprint density at radius 2 is 1.72 bits per heavy atom. The first-order valence-corrected chi connectivity index (χ1v) is 22.4. The Morgan fingerprint density at radius 3 is 2.43 bits per heavy atom. The number of ether oxygens (including phenoxy) is 1. The first-order valence-electron chi connectivity index (χ1n) is 16.6. The van der Waals surface area contributed by atoms with Crippen LogP contribution < -0.4 is 16.6 Å². The SMILES string of the molecule is CC(C)(C)[Si](C)(C)OC[C@H]1O[C@@H](n2cnc3c(=O)[nH]c(Nc4cc5c(cc4N)Cc4ccccc4-5)nc32)C[C@@H]1O[Si](C)(C)C(C)(C)C. The van der Waals surface area contributed by atoms with Crippen molar-refractivity contribution in [2.45, 2.75) is 109 Å². The van der Waals surface area contributed by atoms with Crippen molar-refractivity contribution >= 4 is 45.1 Å². The molecule has 0 radical (unpaired) electrons. The molecule has 1 saturated heterocycles. The highest BCUT2D eigenvalue weighted by molar-refractivity contribution is 6.74. The van der Waals surface area contributed by atoms with E-state index in [4.69, 9.17) is 24.3 Å². The van der Waals surface area contributed by atoms with Crippen molar-refractivity contribution in [1.82, 2.24) is 19.5 Å². The highest BCUT2D eigenvalue weighted by Gasteiger charge is 2.47. The summed E-state index contributed by atoms with van der Waals surface area (Å²) in [5, 5.41) is 3.39. The summed E-state index contributed by atoms with van der Waals surface area (Å²) >= 11 is 0. The number of anilines is 3. The van der Waals surface area contributed by atoms with Gasteiger partial charge in [-0.1, -0.05) is 65.8 Å². The number of hydrogen-bond donors (Lipinski definition) is 3. The van der Waals surface area contributed by atoms with Gasteiger partial charge in [-0.2, -0.15) is 4.98 Å². The van der Waals surface area contributed by atoms with Gasteiger partial charge in [-0.15, -0.1) is 0 Å². The van der Waals surface area contributed by atoms with Gasteiger partial charge in [-0.05, 0) is 77.1 Å². The summed E-state index contributed by atoms with van der Waals surface area (Å²) in [5.41, 5.74) is 12.9. The summed E-state index contributed by atoms with van der Waals surface area (Å²) < 4.78 is 22.2. The lowest BCUT2D eigenvalue weighted by Gasteiger charge is -2.40. The maximum atomic E-state index is 13.3. The van der Waals surface area contributed by atoms with Crippen LogP contribution in [0, 0.1) is 0 Å². The van der Waals surface area contributed by atoms with Gasteiger partial charge >= 0.3 is 0 Å². The molecule has 4 aromatic rings. The fourth-order valence-electron chi connectivity index (χ4n) is 5.84. The second kappa shape index (κ2) is 11.7. The van der Waals surface area contributed by atoms with E-state index in [-0.39, 0.29) is 39.3 Å². The quantitative estimate of drug-likeness (QED) is 0.113. The molecule has 3 heterocycles. The summed E-state index contributed by atoms with van der Waals surface area (Å²) in [6.45, 7) is 22.9. The van der Waals surface area contributed by atoms with E-state index < -0.39 is 22.9 Å². The molecule has 0 saturated carbocycles. The molecule has 47 heavy (non-hydrogen) atoms. The minimum Gasteiger partial charge on any atom is -0.414 e.